The van der Waals surface area contributed by atoms with Gasteiger partial charge >= 0.3 is 0 Å². The van der Waals surface area contributed by atoms with Gasteiger partial charge in [0.1, 0.15) is 11.4 Å². The van der Waals surface area contributed by atoms with Gasteiger partial charge in [-0.1, -0.05) is 37.6 Å². The van der Waals surface area contributed by atoms with E-state index in [0.29, 0.717) is 29.3 Å². The Morgan fingerprint density at radius 3 is 2.55 bits per heavy atom. The number of imidazole rings is 1. The van der Waals surface area contributed by atoms with Gasteiger partial charge in [-0.15, -0.1) is 0 Å². The zero-order valence-electron chi connectivity index (χ0n) is 17.6. The Morgan fingerprint density at radius 1 is 1.03 bits per heavy atom. The van der Waals surface area contributed by atoms with Crippen LogP contribution in [0.15, 0.2) is 78.0 Å². The van der Waals surface area contributed by atoms with Crippen molar-refractivity contribution in [1.29, 1.82) is 0 Å². The second kappa shape index (κ2) is 8.81. The van der Waals surface area contributed by atoms with Crippen molar-refractivity contribution in [3.05, 3.63) is 78.6 Å². The summed E-state index contributed by atoms with van der Waals surface area (Å²) >= 11 is 0. The smallest absolute Gasteiger partial charge is 0.261 e. The number of fused-ring (bicyclic) bond motifs is 1. The molecule has 0 saturated heterocycles. The molecular formula is C24H25N3O3S. The molecule has 0 atom stereocenters. The molecule has 7 heteroatoms. The highest BCUT2D eigenvalue weighted by Gasteiger charge is 2.18. The topological polar surface area (TPSA) is 72.7 Å². The molecule has 0 fully saturated rings. The lowest BCUT2D eigenvalue weighted by Gasteiger charge is -2.12. The van der Waals surface area contributed by atoms with Gasteiger partial charge in [0.2, 0.25) is 0 Å². The molecule has 6 nitrogen and oxygen atoms in total. The highest BCUT2D eigenvalue weighted by Crippen LogP contribution is 2.30. The fourth-order valence-corrected chi connectivity index (χ4v) is 4.41. The number of hydrogen-bond donors (Lipinski definition) is 1. The Labute approximate surface area is 182 Å². The number of ether oxygens (including phenoxy) is 1. The van der Waals surface area contributed by atoms with Gasteiger partial charge in [-0.05, 0) is 55.3 Å². The number of nitrogens with zero attached hydrogens (tertiary/aromatic N) is 2. The van der Waals surface area contributed by atoms with Gasteiger partial charge in [-0.2, -0.15) is 0 Å². The number of para-hydroxylation sites is 1. The Morgan fingerprint density at radius 2 is 1.81 bits per heavy atom. The monoisotopic (exact) mass is 435 g/mol. The van der Waals surface area contributed by atoms with Crippen LogP contribution in [0.4, 0.5) is 5.69 Å². The van der Waals surface area contributed by atoms with E-state index in [4.69, 9.17) is 9.72 Å². The van der Waals surface area contributed by atoms with Crippen LogP contribution in [0, 0.1) is 6.92 Å². The fourth-order valence-electron chi connectivity index (χ4n) is 3.33. The van der Waals surface area contributed by atoms with Crippen molar-refractivity contribution in [3.63, 3.8) is 0 Å². The lowest BCUT2D eigenvalue weighted by Crippen LogP contribution is -2.13. The first-order valence-electron chi connectivity index (χ1n) is 10.3. The van der Waals surface area contributed by atoms with E-state index in [1.54, 1.807) is 36.4 Å². The molecule has 0 unspecified atom stereocenters. The van der Waals surface area contributed by atoms with Crippen molar-refractivity contribution in [1.82, 2.24) is 9.38 Å². The number of anilines is 1. The Bertz CT molecular complexity index is 1300. The summed E-state index contributed by atoms with van der Waals surface area (Å²) < 4.78 is 36.3. The minimum Gasteiger partial charge on any atom is -0.494 e. The molecule has 0 aliphatic heterocycles. The van der Waals surface area contributed by atoms with E-state index in [2.05, 4.69) is 11.6 Å². The fraction of sp³-hybridized carbons (Fsp3) is 0.208. The maximum atomic E-state index is 13.0. The molecule has 2 heterocycles. The second-order valence-corrected chi connectivity index (χ2v) is 9.06. The summed E-state index contributed by atoms with van der Waals surface area (Å²) in [4.78, 5) is 4.88. The number of rotatable bonds is 8. The number of aryl methyl sites for hydroxylation is 1. The van der Waals surface area contributed by atoms with Crippen molar-refractivity contribution in [2.45, 2.75) is 31.6 Å². The van der Waals surface area contributed by atoms with Crippen LogP contribution in [0.5, 0.6) is 5.75 Å². The summed E-state index contributed by atoms with van der Waals surface area (Å²) in [6, 6.07) is 17.7. The molecule has 0 aliphatic carbocycles. The van der Waals surface area contributed by atoms with Gasteiger partial charge in [0.05, 0.1) is 22.9 Å². The van der Waals surface area contributed by atoms with Crippen LogP contribution in [-0.2, 0) is 10.0 Å². The average Bonchev–Trinajstić information content (AvgIpc) is 3.20. The number of aromatic nitrogens is 2. The Balaban J connectivity index is 1.61. The van der Waals surface area contributed by atoms with Crippen LogP contribution in [0.1, 0.15) is 25.3 Å². The summed E-state index contributed by atoms with van der Waals surface area (Å²) in [5.41, 5.74) is 3.79. The molecule has 2 aromatic heterocycles. The van der Waals surface area contributed by atoms with E-state index >= 15 is 0 Å². The molecule has 4 aromatic rings. The normalized spacial score (nSPS) is 11.5. The van der Waals surface area contributed by atoms with Gasteiger partial charge in [0.15, 0.2) is 0 Å². The molecule has 0 bridgehead atoms. The average molecular weight is 436 g/mol. The number of sulfonamides is 1. The molecule has 0 saturated carbocycles. The first-order chi connectivity index (χ1) is 15.0. The maximum Gasteiger partial charge on any atom is 0.261 e. The predicted molar refractivity (Wildman–Crippen MR) is 123 cm³/mol. The minimum atomic E-state index is -3.76. The van der Waals surface area contributed by atoms with E-state index in [9.17, 15) is 8.42 Å². The lowest BCUT2D eigenvalue weighted by atomic mass is 10.1. The standard InChI is InChI=1S/C24H25N3O3S/c1-3-4-16-30-19-11-13-20(14-12-19)31(28,29)26-22-10-6-5-9-21(22)23-17-27-15-7-8-18(2)24(27)25-23/h5-15,17,26H,3-4,16H2,1-2H3. The van der Waals surface area contributed by atoms with Crippen molar-refractivity contribution in [2.75, 3.05) is 11.3 Å². The van der Waals surface area contributed by atoms with Gasteiger partial charge in [0, 0.05) is 18.0 Å². The molecule has 2 aromatic carbocycles. The van der Waals surface area contributed by atoms with Crippen molar-refractivity contribution in [3.8, 4) is 17.0 Å². The third-order valence-electron chi connectivity index (χ3n) is 5.03. The van der Waals surface area contributed by atoms with E-state index in [1.807, 2.05) is 48.0 Å². The minimum absolute atomic E-state index is 0.177. The number of benzene rings is 2. The molecular weight excluding hydrogens is 410 g/mol. The van der Waals surface area contributed by atoms with E-state index in [1.165, 1.54) is 0 Å². The quantitative estimate of drug-likeness (QED) is 0.382. The first kappa shape index (κ1) is 20.9. The molecule has 0 amide bonds. The highest BCUT2D eigenvalue weighted by molar-refractivity contribution is 7.92. The van der Waals surface area contributed by atoms with E-state index in [-0.39, 0.29) is 4.90 Å². The zero-order chi connectivity index (χ0) is 21.8. The highest BCUT2D eigenvalue weighted by atomic mass is 32.2. The summed E-state index contributed by atoms with van der Waals surface area (Å²) in [5.74, 6) is 0.660. The molecule has 0 spiro atoms. The predicted octanol–water partition coefficient (Wildman–Crippen LogP) is 5.29. The summed E-state index contributed by atoms with van der Waals surface area (Å²) in [7, 11) is -3.76. The Hall–Kier alpha value is -3.32. The summed E-state index contributed by atoms with van der Waals surface area (Å²) in [6.45, 7) is 4.71. The molecule has 160 valence electrons. The van der Waals surface area contributed by atoms with Crippen molar-refractivity contribution >= 4 is 21.4 Å². The van der Waals surface area contributed by atoms with Crippen LogP contribution < -0.4 is 9.46 Å². The van der Waals surface area contributed by atoms with Crippen molar-refractivity contribution < 1.29 is 13.2 Å². The van der Waals surface area contributed by atoms with Crippen LogP contribution >= 0.6 is 0 Å². The maximum absolute atomic E-state index is 13.0. The third-order valence-corrected chi connectivity index (χ3v) is 6.41. The van der Waals surface area contributed by atoms with Crippen molar-refractivity contribution in [2.24, 2.45) is 0 Å². The van der Waals surface area contributed by atoms with Crippen LogP contribution in [0.3, 0.4) is 0 Å². The Kier molecular flexibility index (Phi) is 5.95. The van der Waals surface area contributed by atoms with Crippen LogP contribution in [0.2, 0.25) is 0 Å². The summed E-state index contributed by atoms with van der Waals surface area (Å²) in [6.07, 6.45) is 5.83. The number of hydrogen-bond acceptors (Lipinski definition) is 4. The molecule has 0 aliphatic rings. The van der Waals surface area contributed by atoms with Gasteiger partial charge < -0.3 is 9.14 Å². The lowest BCUT2D eigenvalue weighted by molar-refractivity contribution is 0.309. The van der Waals surface area contributed by atoms with Gasteiger partial charge in [-0.25, -0.2) is 13.4 Å². The first-order valence-corrected chi connectivity index (χ1v) is 11.8. The molecule has 31 heavy (non-hydrogen) atoms. The van der Waals surface area contributed by atoms with E-state index < -0.39 is 10.0 Å². The summed E-state index contributed by atoms with van der Waals surface area (Å²) in [5, 5.41) is 0. The molecule has 4 rings (SSSR count). The molecule has 1 N–H and O–H groups in total. The van der Waals surface area contributed by atoms with Gasteiger partial charge in [-0.3, -0.25) is 4.72 Å². The second-order valence-electron chi connectivity index (χ2n) is 7.37. The largest absolute Gasteiger partial charge is 0.494 e. The van der Waals surface area contributed by atoms with Crippen LogP contribution in [-0.4, -0.2) is 24.4 Å². The number of unbranched alkanes of at least 4 members (excludes halogenated alkanes) is 1. The SMILES string of the molecule is CCCCOc1ccc(S(=O)(=O)Nc2ccccc2-c2cn3cccc(C)c3n2)cc1. The number of pyridine rings is 1. The molecule has 0 radical (unpaired) electrons. The van der Waals surface area contributed by atoms with E-state index in [0.717, 1.165) is 24.1 Å². The zero-order valence-corrected chi connectivity index (χ0v) is 18.4. The van der Waals surface area contributed by atoms with Crippen LogP contribution in [0.25, 0.3) is 16.9 Å². The third kappa shape index (κ3) is 4.56. The van der Waals surface area contributed by atoms with Gasteiger partial charge in [0.25, 0.3) is 10.0 Å². The number of nitrogens with one attached hydrogen (secondary N) is 1.